The Labute approximate surface area is 103 Å². The number of hydrogen-bond donors (Lipinski definition) is 1. The third kappa shape index (κ3) is 4.62. The predicted molar refractivity (Wildman–Crippen MR) is 61.3 cm³/mol. The molecule has 1 aromatic carbocycles. The maximum Gasteiger partial charge on any atom is 0.390 e. The fraction of sp³-hybridized carbons (Fsp3) is 0.500. The highest BCUT2D eigenvalue weighted by atomic mass is 19.4. The van der Waals surface area contributed by atoms with Gasteiger partial charge in [0.2, 0.25) is 0 Å². The number of nitrogens with zero attached hydrogens (tertiary/aromatic N) is 1. The minimum atomic E-state index is -4.19. The van der Waals surface area contributed by atoms with Crippen LogP contribution >= 0.6 is 0 Å². The second kappa shape index (κ2) is 6.15. The van der Waals surface area contributed by atoms with Crippen molar-refractivity contribution in [2.75, 3.05) is 13.6 Å². The van der Waals surface area contributed by atoms with Crippen molar-refractivity contribution in [3.05, 3.63) is 35.1 Å². The van der Waals surface area contributed by atoms with Gasteiger partial charge >= 0.3 is 6.18 Å². The fourth-order valence-corrected chi connectivity index (χ4v) is 1.60. The van der Waals surface area contributed by atoms with E-state index in [9.17, 15) is 17.6 Å². The second-order valence-electron chi connectivity index (χ2n) is 4.20. The molecule has 0 aliphatic carbocycles. The summed E-state index contributed by atoms with van der Waals surface area (Å²) in [6.07, 6.45) is -5.09. The van der Waals surface area contributed by atoms with Gasteiger partial charge in [0.05, 0.1) is 6.42 Å². The first-order valence-corrected chi connectivity index (χ1v) is 5.55. The highest BCUT2D eigenvalue weighted by Crippen LogP contribution is 2.20. The molecule has 0 aliphatic heterocycles. The summed E-state index contributed by atoms with van der Waals surface area (Å²) in [6, 6.07) is 4.77. The van der Waals surface area contributed by atoms with Gasteiger partial charge in [0.1, 0.15) is 5.82 Å². The lowest BCUT2D eigenvalue weighted by molar-refractivity contribution is -0.137. The van der Waals surface area contributed by atoms with Crippen LogP contribution in [-0.4, -0.2) is 24.7 Å². The van der Waals surface area contributed by atoms with Crippen LogP contribution in [0.5, 0.6) is 0 Å². The lowest BCUT2D eigenvalue weighted by Crippen LogP contribution is -2.24. The number of alkyl halides is 3. The van der Waals surface area contributed by atoms with Gasteiger partial charge in [-0.1, -0.05) is 18.2 Å². The first-order valence-electron chi connectivity index (χ1n) is 5.55. The summed E-state index contributed by atoms with van der Waals surface area (Å²) in [4.78, 5) is 1.44. The molecule has 1 rings (SSSR count). The van der Waals surface area contributed by atoms with E-state index in [-0.39, 0.29) is 19.6 Å². The summed E-state index contributed by atoms with van der Waals surface area (Å²) >= 11 is 0. The van der Waals surface area contributed by atoms with Gasteiger partial charge in [0, 0.05) is 30.8 Å². The van der Waals surface area contributed by atoms with Crippen LogP contribution in [0.15, 0.2) is 18.2 Å². The third-order valence-electron chi connectivity index (χ3n) is 2.60. The molecule has 0 unspecified atom stereocenters. The Balaban J connectivity index is 2.62. The third-order valence-corrected chi connectivity index (χ3v) is 2.60. The van der Waals surface area contributed by atoms with Gasteiger partial charge in [0.25, 0.3) is 0 Å². The van der Waals surface area contributed by atoms with Crippen LogP contribution in [0.25, 0.3) is 0 Å². The van der Waals surface area contributed by atoms with E-state index in [0.29, 0.717) is 11.1 Å². The van der Waals surface area contributed by atoms with E-state index in [1.165, 1.54) is 11.9 Å². The number of nitrogens with two attached hydrogens (primary N) is 1. The Bertz CT molecular complexity index is 390. The molecule has 0 heterocycles. The average Bonchev–Trinajstić information content (AvgIpc) is 2.28. The molecule has 2 N–H and O–H groups in total. The van der Waals surface area contributed by atoms with Gasteiger partial charge in [-0.2, -0.15) is 13.2 Å². The van der Waals surface area contributed by atoms with E-state index in [1.807, 2.05) is 0 Å². The van der Waals surface area contributed by atoms with Crippen LogP contribution in [0.4, 0.5) is 17.6 Å². The Hall–Kier alpha value is -1.14. The monoisotopic (exact) mass is 264 g/mol. The molecule has 0 aromatic heterocycles. The molecule has 0 bridgehead atoms. The minimum absolute atomic E-state index is 0.0753. The van der Waals surface area contributed by atoms with Crippen LogP contribution in [0.2, 0.25) is 0 Å². The van der Waals surface area contributed by atoms with Crippen LogP contribution in [0, 0.1) is 5.82 Å². The Kier molecular flexibility index (Phi) is 5.10. The Morgan fingerprint density at radius 1 is 1.22 bits per heavy atom. The smallest absolute Gasteiger partial charge is 0.326 e. The number of rotatable bonds is 5. The van der Waals surface area contributed by atoms with E-state index < -0.39 is 18.4 Å². The number of halogens is 4. The van der Waals surface area contributed by atoms with Crippen LogP contribution < -0.4 is 5.73 Å². The van der Waals surface area contributed by atoms with E-state index in [0.717, 1.165) is 0 Å². The summed E-state index contributed by atoms with van der Waals surface area (Å²) in [7, 11) is 1.53. The summed E-state index contributed by atoms with van der Waals surface area (Å²) in [6.45, 7) is 0.0531. The summed E-state index contributed by atoms with van der Waals surface area (Å²) in [5.74, 6) is -0.432. The van der Waals surface area contributed by atoms with E-state index in [2.05, 4.69) is 0 Å². The van der Waals surface area contributed by atoms with Gasteiger partial charge in [-0.05, 0) is 7.05 Å². The molecule has 0 saturated heterocycles. The number of hydrogen-bond acceptors (Lipinski definition) is 2. The molecule has 0 fully saturated rings. The summed E-state index contributed by atoms with van der Waals surface area (Å²) in [5, 5.41) is 0. The van der Waals surface area contributed by atoms with E-state index in [4.69, 9.17) is 5.73 Å². The quantitative estimate of drug-likeness (QED) is 0.828. The zero-order valence-corrected chi connectivity index (χ0v) is 10.1. The fourth-order valence-electron chi connectivity index (χ4n) is 1.60. The zero-order chi connectivity index (χ0) is 13.8. The number of benzene rings is 1. The van der Waals surface area contributed by atoms with Crippen LogP contribution in [0.3, 0.4) is 0 Å². The van der Waals surface area contributed by atoms with Gasteiger partial charge in [-0.15, -0.1) is 0 Å². The lowest BCUT2D eigenvalue weighted by Gasteiger charge is -2.18. The Morgan fingerprint density at radius 2 is 1.83 bits per heavy atom. The zero-order valence-electron chi connectivity index (χ0n) is 10.1. The standard InChI is InChI=1S/C12H16F4N2/c1-18(6-5-12(14,15)16)8-10-4-2-3-9(7-17)11(10)13/h2-4H,5-8,17H2,1H3. The van der Waals surface area contributed by atoms with Crippen molar-refractivity contribution in [1.29, 1.82) is 0 Å². The summed E-state index contributed by atoms with van der Waals surface area (Å²) in [5.41, 5.74) is 6.10. The molecular formula is C12H16F4N2. The molecule has 0 saturated carbocycles. The first kappa shape index (κ1) is 14.9. The molecule has 0 radical (unpaired) electrons. The molecule has 18 heavy (non-hydrogen) atoms. The van der Waals surface area contributed by atoms with Crippen LogP contribution in [0.1, 0.15) is 17.5 Å². The van der Waals surface area contributed by atoms with Crippen molar-refractivity contribution in [1.82, 2.24) is 4.90 Å². The molecule has 1 aromatic rings. The van der Waals surface area contributed by atoms with E-state index in [1.54, 1.807) is 18.2 Å². The van der Waals surface area contributed by atoms with Crippen molar-refractivity contribution < 1.29 is 17.6 Å². The van der Waals surface area contributed by atoms with Gasteiger partial charge in [0.15, 0.2) is 0 Å². The predicted octanol–water partition coefficient (Wildman–Crippen LogP) is 2.67. The van der Waals surface area contributed by atoms with Crippen LogP contribution in [-0.2, 0) is 13.1 Å². The molecular weight excluding hydrogens is 248 g/mol. The minimum Gasteiger partial charge on any atom is -0.326 e. The largest absolute Gasteiger partial charge is 0.390 e. The van der Waals surface area contributed by atoms with Crippen molar-refractivity contribution >= 4 is 0 Å². The molecule has 0 atom stereocenters. The van der Waals surface area contributed by atoms with Crippen molar-refractivity contribution in [2.45, 2.75) is 25.7 Å². The molecule has 0 spiro atoms. The van der Waals surface area contributed by atoms with Crippen molar-refractivity contribution in [2.24, 2.45) is 5.73 Å². The molecule has 6 heteroatoms. The molecule has 2 nitrogen and oxygen atoms in total. The van der Waals surface area contributed by atoms with Crippen molar-refractivity contribution in [3.63, 3.8) is 0 Å². The molecule has 0 aliphatic rings. The normalized spacial score (nSPS) is 12.2. The SMILES string of the molecule is CN(CCC(F)(F)F)Cc1cccc(CN)c1F. The Morgan fingerprint density at radius 3 is 2.39 bits per heavy atom. The van der Waals surface area contributed by atoms with Crippen molar-refractivity contribution in [3.8, 4) is 0 Å². The molecule has 102 valence electrons. The van der Waals surface area contributed by atoms with Gasteiger partial charge < -0.3 is 10.6 Å². The average molecular weight is 264 g/mol. The maximum absolute atomic E-state index is 13.8. The van der Waals surface area contributed by atoms with E-state index >= 15 is 0 Å². The highest BCUT2D eigenvalue weighted by Gasteiger charge is 2.27. The van der Waals surface area contributed by atoms with Gasteiger partial charge in [-0.3, -0.25) is 0 Å². The second-order valence-corrected chi connectivity index (χ2v) is 4.20. The van der Waals surface area contributed by atoms with Gasteiger partial charge in [-0.25, -0.2) is 4.39 Å². The maximum atomic E-state index is 13.8. The molecule has 0 amide bonds. The topological polar surface area (TPSA) is 29.3 Å². The first-order chi connectivity index (χ1) is 8.33. The lowest BCUT2D eigenvalue weighted by atomic mass is 10.1. The summed E-state index contributed by atoms with van der Waals surface area (Å²) < 4.78 is 49.9. The highest BCUT2D eigenvalue weighted by molar-refractivity contribution is 5.25.